The summed E-state index contributed by atoms with van der Waals surface area (Å²) in [6.07, 6.45) is 0.220. The number of hydrogen-bond donors (Lipinski definition) is 1. The number of aliphatic hydroxyl groups is 1. The van der Waals surface area contributed by atoms with Crippen LogP contribution in [0.5, 0.6) is 0 Å². The van der Waals surface area contributed by atoms with Crippen LogP contribution in [0.4, 0.5) is 0 Å². The Morgan fingerprint density at radius 2 is 1.89 bits per heavy atom. The molecular weight excluding hydrogens is 240 g/mol. The summed E-state index contributed by atoms with van der Waals surface area (Å²) in [5.41, 5.74) is 1.13. The van der Waals surface area contributed by atoms with Crippen LogP contribution in [0.2, 0.25) is 19.6 Å². The van der Waals surface area contributed by atoms with Crippen LogP contribution in [0.25, 0.3) is 0 Å². The first kappa shape index (κ1) is 15.2. The minimum Gasteiger partial charge on any atom is -0.390 e. The fourth-order valence-corrected chi connectivity index (χ4v) is 2.38. The molecule has 0 saturated heterocycles. The number of ether oxygens (including phenoxy) is 1. The van der Waals surface area contributed by atoms with E-state index < -0.39 is 14.2 Å². The zero-order chi connectivity index (χ0) is 13.6. The zero-order valence-electron chi connectivity index (χ0n) is 11.6. The second-order valence-corrected chi connectivity index (χ2v) is 10.9. The lowest BCUT2D eigenvalue weighted by Gasteiger charge is -2.22. The summed E-state index contributed by atoms with van der Waals surface area (Å²) in [5, 5.41) is 11.1. The van der Waals surface area contributed by atoms with E-state index in [1.807, 2.05) is 30.3 Å². The largest absolute Gasteiger partial charge is 0.390 e. The fourth-order valence-electron chi connectivity index (χ4n) is 1.54. The molecule has 0 aromatic heterocycles. The number of rotatable bonds is 7. The highest BCUT2D eigenvalue weighted by molar-refractivity contribution is 6.82. The molecule has 1 aromatic rings. The maximum absolute atomic E-state index is 9.90. The highest BCUT2D eigenvalue weighted by Gasteiger charge is 2.20. The molecule has 0 aliphatic rings. The molecule has 0 radical (unpaired) electrons. The van der Waals surface area contributed by atoms with E-state index in [9.17, 15) is 5.11 Å². The monoisotopic (exact) mass is 264 g/mol. The fraction of sp³-hybridized carbons (Fsp3) is 0.467. The second kappa shape index (κ2) is 6.88. The van der Waals surface area contributed by atoms with Crippen molar-refractivity contribution in [1.29, 1.82) is 0 Å². The minimum absolute atomic E-state index is 0.373. The molecule has 0 amide bonds. The Hall–Kier alpha value is -0.903. The highest BCUT2D eigenvalue weighted by Crippen LogP contribution is 2.17. The van der Waals surface area contributed by atoms with Crippen LogP contribution < -0.4 is 0 Å². The Morgan fingerprint density at radius 3 is 2.44 bits per heavy atom. The van der Waals surface area contributed by atoms with Gasteiger partial charge in [0, 0.05) is 0 Å². The van der Waals surface area contributed by atoms with E-state index >= 15 is 0 Å². The van der Waals surface area contributed by atoms with Crippen LogP contribution in [0.1, 0.15) is 12.0 Å². The van der Waals surface area contributed by atoms with Crippen molar-refractivity contribution < 1.29 is 9.84 Å². The summed E-state index contributed by atoms with van der Waals surface area (Å²) in [5.74, 6) is 0. The molecule has 1 atom stereocenters. The summed E-state index contributed by atoms with van der Waals surface area (Å²) < 4.78 is 5.52. The van der Waals surface area contributed by atoms with E-state index in [0.717, 1.165) is 5.56 Å². The number of hydrogen-bond acceptors (Lipinski definition) is 2. The van der Waals surface area contributed by atoms with Crippen molar-refractivity contribution in [2.24, 2.45) is 0 Å². The van der Waals surface area contributed by atoms with E-state index in [2.05, 4.69) is 26.2 Å². The molecule has 0 fully saturated rings. The Kier molecular flexibility index (Phi) is 5.79. The van der Waals surface area contributed by atoms with Gasteiger partial charge in [0.25, 0.3) is 0 Å². The second-order valence-electron chi connectivity index (χ2n) is 5.71. The third kappa shape index (κ3) is 5.62. The lowest BCUT2D eigenvalue weighted by atomic mass is 10.2. The molecule has 2 nitrogen and oxygen atoms in total. The topological polar surface area (TPSA) is 29.5 Å². The maximum atomic E-state index is 9.90. The minimum atomic E-state index is -1.34. The predicted molar refractivity (Wildman–Crippen MR) is 79.2 cm³/mol. The van der Waals surface area contributed by atoms with Crippen molar-refractivity contribution in [1.82, 2.24) is 0 Å². The van der Waals surface area contributed by atoms with Gasteiger partial charge in [0.1, 0.15) is 0 Å². The van der Waals surface area contributed by atoms with Gasteiger partial charge < -0.3 is 9.84 Å². The van der Waals surface area contributed by atoms with Crippen LogP contribution in [-0.4, -0.2) is 25.9 Å². The molecule has 0 aliphatic carbocycles. The first-order valence-electron chi connectivity index (χ1n) is 6.37. The zero-order valence-corrected chi connectivity index (χ0v) is 12.6. The number of benzene rings is 1. The molecule has 0 unspecified atom stereocenters. The van der Waals surface area contributed by atoms with E-state index in [1.54, 1.807) is 0 Å². The molecule has 1 rings (SSSR count). The van der Waals surface area contributed by atoms with E-state index in [1.165, 1.54) is 5.20 Å². The van der Waals surface area contributed by atoms with E-state index in [-0.39, 0.29) is 0 Å². The molecule has 0 bridgehead atoms. The average Bonchev–Trinajstić information content (AvgIpc) is 2.29. The first-order chi connectivity index (χ1) is 8.39. The van der Waals surface area contributed by atoms with E-state index in [4.69, 9.17) is 4.74 Å². The van der Waals surface area contributed by atoms with Gasteiger partial charge in [-0.1, -0.05) is 55.2 Å². The smallest absolute Gasteiger partial charge is 0.0807 e. The number of aliphatic hydroxyl groups excluding tert-OH is 1. The maximum Gasteiger partial charge on any atom is 0.0807 e. The molecule has 18 heavy (non-hydrogen) atoms. The quantitative estimate of drug-likeness (QED) is 0.765. The Balaban J connectivity index is 2.26. The molecule has 3 heteroatoms. The molecule has 100 valence electrons. The molecule has 0 heterocycles. The molecule has 0 aliphatic heterocycles. The lowest BCUT2D eigenvalue weighted by Crippen LogP contribution is -2.28. The van der Waals surface area contributed by atoms with Gasteiger partial charge in [0.2, 0.25) is 0 Å². The van der Waals surface area contributed by atoms with Crippen LogP contribution in [0.3, 0.4) is 0 Å². The lowest BCUT2D eigenvalue weighted by molar-refractivity contribution is 0.0295. The Morgan fingerprint density at radius 1 is 1.28 bits per heavy atom. The third-order valence-electron chi connectivity index (χ3n) is 2.96. The molecule has 1 aromatic carbocycles. The van der Waals surface area contributed by atoms with Gasteiger partial charge >= 0.3 is 0 Å². The Bertz CT molecular complexity index is 368. The van der Waals surface area contributed by atoms with Gasteiger partial charge in [-0.3, -0.25) is 0 Å². The van der Waals surface area contributed by atoms with Crippen molar-refractivity contribution in [3.8, 4) is 0 Å². The van der Waals surface area contributed by atoms with Crippen molar-refractivity contribution >= 4 is 8.07 Å². The van der Waals surface area contributed by atoms with Crippen molar-refractivity contribution in [2.75, 3.05) is 6.61 Å². The van der Waals surface area contributed by atoms with Gasteiger partial charge in [0.15, 0.2) is 0 Å². The molecule has 1 N–H and O–H groups in total. The molecular formula is C15H24O2Si. The summed E-state index contributed by atoms with van der Waals surface area (Å²) in [7, 11) is -1.34. The van der Waals surface area contributed by atoms with Gasteiger partial charge in [-0.25, -0.2) is 0 Å². The predicted octanol–water partition coefficient (Wildman–Crippen LogP) is 3.39. The third-order valence-corrected chi connectivity index (χ3v) is 5.29. The summed E-state index contributed by atoms with van der Waals surface area (Å²) in [6.45, 7) is 11.7. The van der Waals surface area contributed by atoms with Crippen molar-refractivity contribution in [3.05, 3.63) is 47.7 Å². The summed E-state index contributed by atoms with van der Waals surface area (Å²) in [4.78, 5) is 0. The normalized spacial score (nSPS) is 13.3. The van der Waals surface area contributed by atoms with Gasteiger partial charge in [-0.05, 0) is 12.0 Å². The van der Waals surface area contributed by atoms with Crippen LogP contribution in [-0.2, 0) is 11.3 Å². The first-order valence-corrected chi connectivity index (χ1v) is 9.87. The van der Waals surface area contributed by atoms with Gasteiger partial charge in [0.05, 0.1) is 27.4 Å². The van der Waals surface area contributed by atoms with Crippen molar-refractivity contribution in [3.63, 3.8) is 0 Å². The summed E-state index contributed by atoms with van der Waals surface area (Å²) >= 11 is 0. The SMILES string of the molecule is C=C(C[C@H](O)COCc1ccccc1)[Si](C)(C)C. The molecule has 0 spiro atoms. The average molecular weight is 264 g/mol. The van der Waals surface area contributed by atoms with E-state index in [0.29, 0.717) is 19.6 Å². The standard InChI is InChI=1S/C15H24O2Si/c1-13(18(2,3)4)10-15(16)12-17-11-14-8-6-5-7-9-14/h5-9,15-16H,1,10-12H2,2-4H3/t15-/m0/s1. The highest BCUT2D eigenvalue weighted by atomic mass is 28.3. The van der Waals surface area contributed by atoms with Gasteiger partial charge in [-0.15, -0.1) is 6.58 Å². The van der Waals surface area contributed by atoms with Crippen LogP contribution in [0, 0.1) is 0 Å². The Labute approximate surface area is 111 Å². The molecule has 0 saturated carbocycles. The summed E-state index contributed by atoms with van der Waals surface area (Å²) in [6, 6.07) is 10.0. The van der Waals surface area contributed by atoms with Gasteiger partial charge in [-0.2, -0.15) is 0 Å². The van der Waals surface area contributed by atoms with Crippen LogP contribution >= 0.6 is 0 Å². The van der Waals surface area contributed by atoms with Crippen molar-refractivity contribution in [2.45, 2.75) is 38.8 Å². The van der Waals surface area contributed by atoms with Crippen LogP contribution in [0.15, 0.2) is 42.1 Å².